The Morgan fingerprint density at radius 1 is 1.20 bits per heavy atom. The fourth-order valence-electron chi connectivity index (χ4n) is 2.40. The summed E-state index contributed by atoms with van der Waals surface area (Å²) in [4.78, 5) is 2.10. The third-order valence-electron chi connectivity index (χ3n) is 3.32. The van der Waals surface area contributed by atoms with Gasteiger partial charge in [0.05, 0.1) is 18.2 Å². The summed E-state index contributed by atoms with van der Waals surface area (Å²) >= 11 is 6.12. The average Bonchev–Trinajstić information content (AvgIpc) is 2.62. The van der Waals surface area contributed by atoms with Crippen molar-refractivity contribution >= 4 is 23.0 Å². The van der Waals surface area contributed by atoms with Crippen molar-refractivity contribution in [2.24, 2.45) is 0 Å². The fourth-order valence-corrected chi connectivity index (χ4v) is 2.57. The summed E-state index contributed by atoms with van der Waals surface area (Å²) in [6, 6.07) is 15.8. The Balaban J connectivity index is 2.13. The minimum atomic E-state index is 0.445. The molecule has 3 nitrogen and oxygen atoms in total. The number of rotatable bonds is 2. The van der Waals surface area contributed by atoms with E-state index in [1.807, 2.05) is 42.5 Å². The Labute approximate surface area is 123 Å². The van der Waals surface area contributed by atoms with Gasteiger partial charge in [0.2, 0.25) is 0 Å². The molecular weight excluding hydrogens is 272 g/mol. The summed E-state index contributed by atoms with van der Waals surface area (Å²) in [6.45, 7) is 1.12. The van der Waals surface area contributed by atoms with Gasteiger partial charge in [-0.2, -0.15) is 5.26 Å². The van der Waals surface area contributed by atoms with Crippen LogP contribution in [0.15, 0.2) is 42.5 Å². The van der Waals surface area contributed by atoms with Crippen LogP contribution in [0.5, 0.6) is 5.75 Å². The van der Waals surface area contributed by atoms with Crippen LogP contribution in [-0.2, 0) is 6.61 Å². The zero-order valence-corrected chi connectivity index (χ0v) is 11.6. The highest BCUT2D eigenvalue weighted by atomic mass is 35.5. The van der Waals surface area contributed by atoms with Crippen LogP contribution in [-0.4, -0.2) is 6.54 Å². The molecule has 0 aromatic heterocycles. The normalized spacial score (nSPS) is 12.7. The number of ether oxygens (including phenoxy) is 1. The summed E-state index contributed by atoms with van der Waals surface area (Å²) in [6.07, 6.45) is 0.445. The summed E-state index contributed by atoms with van der Waals surface area (Å²) in [5, 5.41) is 9.57. The number of hydrogen-bond acceptors (Lipinski definition) is 3. The molecule has 0 bridgehead atoms. The summed E-state index contributed by atoms with van der Waals surface area (Å²) in [5.74, 6) is 0.831. The van der Waals surface area contributed by atoms with Gasteiger partial charge in [-0.05, 0) is 24.3 Å². The molecule has 0 radical (unpaired) electrons. The molecule has 0 aliphatic carbocycles. The lowest BCUT2D eigenvalue weighted by molar-refractivity contribution is 0.310. The summed E-state index contributed by atoms with van der Waals surface area (Å²) < 4.78 is 5.86. The van der Waals surface area contributed by atoms with Crippen LogP contribution in [0, 0.1) is 11.3 Å². The van der Waals surface area contributed by atoms with Crippen LogP contribution in [0.3, 0.4) is 0 Å². The molecule has 0 saturated heterocycles. The number of halogens is 1. The fraction of sp³-hybridized carbons (Fsp3) is 0.188. The van der Waals surface area contributed by atoms with E-state index < -0.39 is 0 Å². The molecule has 0 N–H and O–H groups in total. The van der Waals surface area contributed by atoms with Crippen LogP contribution in [0.1, 0.15) is 12.0 Å². The number of hydrogen-bond donors (Lipinski definition) is 0. The largest absolute Gasteiger partial charge is 0.487 e. The van der Waals surface area contributed by atoms with Gasteiger partial charge < -0.3 is 9.64 Å². The van der Waals surface area contributed by atoms with E-state index in [9.17, 15) is 0 Å². The summed E-state index contributed by atoms with van der Waals surface area (Å²) in [7, 11) is 0. The molecule has 2 aromatic rings. The second-order valence-electron chi connectivity index (χ2n) is 4.59. The third kappa shape index (κ3) is 2.31. The maximum absolute atomic E-state index is 8.88. The van der Waals surface area contributed by atoms with Gasteiger partial charge in [0.15, 0.2) is 0 Å². The lowest BCUT2D eigenvalue weighted by Gasteiger charge is -2.24. The van der Waals surface area contributed by atoms with Crippen molar-refractivity contribution in [3.8, 4) is 11.8 Å². The van der Waals surface area contributed by atoms with E-state index in [-0.39, 0.29) is 0 Å². The molecule has 1 aliphatic rings. The monoisotopic (exact) mass is 284 g/mol. The molecule has 0 atom stereocenters. The topological polar surface area (TPSA) is 36.3 Å². The first-order valence-corrected chi connectivity index (χ1v) is 6.82. The van der Waals surface area contributed by atoms with Crippen molar-refractivity contribution in [2.45, 2.75) is 13.0 Å². The van der Waals surface area contributed by atoms with Gasteiger partial charge in [-0.15, -0.1) is 0 Å². The number of anilines is 2. The van der Waals surface area contributed by atoms with Crippen molar-refractivity contribution in [2.75, 3.05) is 11.4 Å². The Morgan fingerprint density at radius 3 is 2.90 bits per heavy atom. The van der Waals surface area contributed by atoms with Gasteiger partial charge in [0.25, 0.3) is 0 Å². The molecule has 4 heteroatoms. The van der Waals surface area contributed by atoms with E-state index >= 15 is 0 Å². The molecule has 0 spiro atoms. The molecule has 0 amide bonds. The quantitative estimate of drug-likeness (QED) is 0.825. The van der Waals surface area contributed by atoms with E-state index in [1.54, 1.807) is 0 Å². The molecule has 0 saturated carbocycles. The zero-order valence-electron chi connectivity index (χ0n) is 10.8. The highest BCUT2D eigenvalue weighted by molar-refractivity contribution is 6.30. The van der Waals surface area contributed by atoms with Crippen molar-refractivity contribution in [1.82, 2.24) is 0 Å². The number of nitriles is 1. The first kappa shape index (κ1) is 12.8. The highest BCUT2D eigenvalue weighted by Gasteiger charge is 2.21. The van der Waals surface area contributed by atoms with Crippen LogP contribution in [0.4, 0.5) is 11.4 Å². The predicted octanol–water partition coefficient (Wildman–Crippen LogP) is 4.28. The Hall–Kier alpha value is -2.18. The lowest BCUT2D eigenvalue weighted by Crippen LogP contribution is -2.18. The van der Waals surface area contributed by atoms with E-state index in [2.05, 4.69) is 11.0 Å². The maximum Gasteiger partial charge on any atom is 0.143 e. The molecule has 0 fully saturated rings. The van der Waals surface area contributed by atoms with E-state index in [4.69, 9.17) is 21.6 Å². The van der Waals surface area contributed by atoms with Crippen molar-refractivity contribution < 1.29 is 4.74 Å². The number of benzene rings is 2. The lowest BCUT2D eigenvalue weighted by atomic mass is 10.1. The van der Waals surface area contributed by atoms with Gasteiger partial charge in [-0.3, -0.25) is 0 Å². The molecule has 0 unspecified atom stereocenters. The second-order valence-corrected chi connectivity index (χ2v) is 5.03. The van der Waals surface area contributed by atoms with Crippen LogP contribution in [0.2, 0.25) is 5.02 Å². The smallest absolute Gasteiger partial charge is 0.143 e. The minimum absolute atomic E-state index is 0.445. The molecule has 1 heterocycles. The number of fused-ring (bicyclic) bond motifs is 2. The molecular formula is C16H13ClN2O. The van der Waals surface area contributed by atoms with Crippen LogP contribution >= 0.6 is 11.6 Å². The Morgan fingerprint density at radius 2 is 2.05 bits per heavy atom. The van der Waals surface area contributed by atoms with E-state index in [0.717, 1.165) is 22.7 Å². The number of para-hydroxylation sites is 2. The SMILES string of the molecule is N#CCCN1c2cc(Cl)ccc2COc2ccccc21. The standard InChI is InChI=1S/C16H13ClN2O/c17-13-7-6-12-11-20-16-5-2-1-4-14(16)19(9-3-8-18)15(12)10-13/h1-2,4-7,10H,3,9,11H2. The van der Waals surface area contributed by atoms with Gasteiger partial charge in [-0.1, -0.05) is 29.8 Å². The molecule has 1 aliphatic heterocycles. The van der Waals surface area contributed by atoms with Crippen molar-refractivity contribution in [3.63, 3.8) is 0 Å². The van der Waals surface area contributed by atoms with Gasteiger partial charge in [0.1, 0.15) is 12.4 Å². The Kier molecular flexibility index (Phi) is 3.49. The van der Waals surface area contributed by atoms with Gasteiger partial charge in [-0.25, -0.2) is 0 Å². The summed E-state index contributed by atoms with van der Waals surface area (Å²) in [5.41, 5.74) is 3.06. The predicted molar refractivity (Wildman–Crippen MR) is 79.5 cm³/mol. The molecule has 100 valence electrons. The Bertz CT molecular complexity index is 678. The highest BCUT2D eigenvalue weighted by Crippen LogP contribution is 2.40. The van der Waals surface area contributed by atoms with E-state index in [0.29, 0.717) is 24.6 Å². The van der Waals surface area contributed by atoms with Crippen LogP contribution < -0.4 is 9.64 Å². The molecule has 2 aromatic carbocycles. The minimum Gasteiger partial charge on any atom is -0.487 e. The van der Waals surface area contributed by atoms with Crippen LogP contribution in [0.25, 0.3) is 0 Å². The first-order valence-electron chi connectivity index (χ1n) is 6.44. The molecule has 3 rings (SSSR count). The van der Waals surface area contributed by atoms with E-state index in [1.165, 1.54) is 0 Å². The van der Waals surface area contributed by atoms with Crippen molar-refractivity contribution in [3.05, 3.63) is 53.1 Å². The average molecular weight is 285 g/mol. The third-order valence-corrected chi connectivity index (χ3v) is 3.56. The van der Waals surface area contributed by atoms with Gasteiger partial charge in [0, 0.05) is 22.8 Å². The van der Waals surface area contributed by atoms with Crippen molar-refractivity contribution in [1.29, 1.82) is 5.26 Å². The first-order chi connectivity index (χ1) is 9.79. The molecule has 20 heavy (non-hydrogen) atoms. The second kappa shape index (κ2) is 5.44. The zero-order chi connectivity index (χ0) is 13.9. The number of nitrogens with zero attached hydrogens (tertiary/aromatic N) is 2. The van der Waals surface area contributed by atoms with Gasteiger partial charge >= 0.3 is 0 Å². The maximum atomic E-state index is 8.88.